The van der Waals surface area contributed by atoms with Gasteiger partial charge in [-0.25, -0.2) is 0 Å². The molecule has 0 saturated carbocycles. The average Bonchev–Trinajstić information content (AvgIpc) is 2.41. The van der Waals surface area contributed by atoms with E-state index < -0.39 is 10.8 Å². The predicted molar refractivity (Wildman–Crippen MR) is 72.7 cm³/mol. The van der Waals surface area contributed by atoms with Crippen molar-refractivity contribution in [2.24, 2.45) is 11.7 Å². The number of ether oxygens (including phenoxy) is 1. The van der Waals surface area contributed by atoms with E-state index in [4.69, 9.17) is 10.5 Å². The highest BCUT2D eigenvalue weighted by Gasteiger charge is 2.25. The second kappa shape index (κ2) is 5.87. The fourth-order valence-corrected chi connectivity index (χ4v) is 2.21. The van der Waals surface area contributed by atoms with Crippen LogP contribution < -0.4 is 15.8 Å². The molecule has 0 spiro atoms. The van der Waals surface area contributed by atoms with Crippen molar-refractivity contribution in [1.29, 1.82) is 0 Å². The monoisotopic (exact) mass is 279 g/mol. The SMILES string of the molecule is CC1CCNCC1Oc1ccc([N+](=O)[O-])cc1C(N)=O. The molecule has 1 fully saturated rings. The number of nitro benzene ring substituents is 1. The van der Waals surface area contributed by atoms with Crippen LogP contribution in [-0.4, -0.2) is 30.0 Å². The molecule has 2 unspecified atom stereocenters. The molecule has 1 aromatic carbocycles. The zero-order valence-corrected chi connectivity index (χ0v) is 11.2. The lowest BCUT2D eigenvalue weighted by atomic mass is 9.97. The van der Waals surface area contributed by atoms with Crippen LogP contribution in [0.5, 0.6) is 5.75 Å². The predicted octanol–water partition coefficient (Wildman–Crippen LogP) is 1.07. The van der Waals surface area contributed by atoms with E-state index in [1.54, 1.807) is 0 Å². The van der Waals surface area contributed by atoms with Crippen molar-refractivity contribution < 1.29 is 14.5 Å². The van der Waals surface area contributed by atoms with E-state index in [1.165, 1.54) is 12.1 Å². The summed E-state index contributed by atoms with van der Waals surface area (Å²) in [7, 11) is 0. The quantitative estimate of drug-likeness (QED) is 0.633. The molecular weight excluding hydrogens is 262 g/mol. The van der Waals surface area contributed by atoms with E-state index in [9.17, 15) is 14.9 Å². The maximum Gasteiger partial charge on any atom is 0.270 e. The fourth-order valence-electron chi connectivity index (χ4n) is 2.21. The molecule has 7 nitrogen and oxygen atoms in total. The highest BCUT2D eigenvalue weighted by Crippen LogP contribution is 2.27. The van der Waals surface area contributed by atoms with Crippen molar-refractivity contribution in [1.82, 2.24) is 5.32 Å². The standard InChI is InChI=1S/C13H17N3O4/c1-8-4-5-15-7-12(8)20-11-3-2-9(16(18)19)6-10(11)13(14)17/h2-3,6,8,12,15H,4-5,7H2,1H3,(H2,14,17). The number of nitro groups is 1. The fraction of sp³-hybridized carbons (Fsp3) is 0.462. The highest BCUT2D eigenvalue weighted by atomic mass is 16.6. The van der Waals surface area contributed by atoms with E-state index in [0.717, 1.165) is 19.0 Å². The number of nitrogens with zero attached hydrogens (tertiary/aromatic N) is 1. The minimum Gasteiger partial charge on any atom is -0.488 e. The average molecular weight is 279 g/mol. The van der Waals surface area contributed by atoms with Gasteiger partial charge in [-0.15, -0.1) is 0 Å². The van der Waals surface area contributed by atoms with E-state index in [2.05, 4.69) is 12.2 Å². The molecule has 1 amide bonds. The van der Waals surface area contributed by atoms with Gasteiger partial charge in [0.25, 0.3) is 11.6 Å². The van der Waals surface area contributed by atoms with Crippen molar-refractivity contribution >= 4 is 11.6 Å². The number of hydrogen-bond donors (Lipinski definition) is 2. The number of non-ortho nitro benzene ring substituents is 1. The molecule has 0 bridgehead atoms. The van der Waals surface area contributed by atoms with Crippen molar-refractivity contribution in [3.8, 4) is 5.75 Å². The van der Waals surface area contributed by atoms with Crippen LogP contribution in [0.15, 0.2) is 18.2 Å². The summed E-state index contributed by atoms with van der Waals surface area (Å²) in [6, 6.07) is 3.89. The van der Waals surface area contributed by atoms with Gasteiger partial charge in [-0.3, -0.25) is 14.9 Å². The van der Waals surface area contributed by atoms with Gasteiger partial charge in [0.05, 0.1) is 10.5 Å². The largest absolute Gasteiger partial charge is 0.488 e. The molecule has 20 heavy (non-hydrogen) atoms. The Balaban J connectivity index is 2.26. The molecule has 1 heterocycles. The Bertz CT molecular complexity index is 532. The maximum atomic E-state index is 11.4. The molecule has 1 aromatic rings. The second-order valence-corrected chi connectivity index (χ2v) is 4.93. The van der Waals surface area contributed by atoms with Crippen molar-refractivity contribution in [3.05, 3.63) is 33.9 Å². The summed E-state index contributed by atoms with van der Waals surface area (Å²) in [6.45, 7) is 3.68. The summed E-state index contributed by atoms with van der Waals surface area (Å²) < 4.78 is 5.81. The van der Waals surface area contributed by atoms with Gasteiger partial charge >= 0.3 is 0 Å². The van der Waals surface area contributed by atoms with Crippen molar-refractivity contribution in [2.45, 2.75) is 19.4 Å². The van der Waals surface area contributed by atoms with Gasteiger partial charge in [-0.05, 0) is 24.9 Å². The molecule has 3 N–H and O–H groups in total. The maximum absolute atomic E-state index is 11.4. The summed E-state index contributed by atoms with van der Waals surface area (Å²) in [4.78, 5) is 21.6. The van der Waals surface area contributed by atoms with Gasteiger partial charge in [0.2, 0.25) is 0 Å². The van der Waals surface area contributed by atoms with Gasteiger partial charge in [-0.1, -0.05) is 6.92 Å². The van der Waals surface area contributed by atoms with Crippen LogP contribution in [0.3, 0.4) is 0 Å². The smallest absolute Gasteiger partial charge is 0.270 e. The Morgan fingerprint density at radius 2 is 2.30 bits per heavy atom. The number of nitrogens with two attached hydrogens (primary N) is 1. The van der Waals surface area contributed by atoms with Crippen LogP contribution in [0, 0.1) is 16.0 Å². The first-order valence-corrected chi connectivity index (χ1v) is 6.44. The van der Waals surface area contributed by atoms with E-state index in [0.29, 0.717) is 18.2 Å². The lowest BCUT2D eigenvalue weighted by molar-refractivity contribution is -0.384. The summed E-state index contributed by atoms with van der Waals surface area (Å²) >= 11 is 0. The number of nitrogens with one attached hydrogen (secondary N) is 1. The summed E-state index contributed by atoms with van der Waals surface area (Å²) in [5.41, 5.74) is 5.13. The van der Waals surface area contributed by atoms with Crippen LogP contribution >= 0.6 is 0 Å². The van der Waals surface area contributed by atoms with Crippen molar-refractivity contribution in [2.75, 3.05) is 13.1 Å². The molecule has 0 aliphatic carbocycles. The van der Waals surface area contributed by atoms with Crippen LogP contribution in [0.4, 0.5) is 5.69 Å². The number of benzene rings is 1. The van der Waals surface area contributed by atoms with Crippen LogP contribution in [-0.2, 0) is 0 Å². The Kier molecular flexibility index (Phi) is 4.19. The molecule has 1 aliphatic rings. The van der Waals surface area contributed by atoms with E-state index >= 15 is 0 Å². The van der Waals surface area contributed by atoms with Gasteiger partial charge in [-0.2, -0.15) is 0 Å². The Morgan fingerprint density at radius 1 is 1.55 bits per heavy atom. The molecule has 1 aliphatic heterocycles. The Hall–Kier alpha value is -2.15. The molecule has 2 atom stereocenters. The lowest BCUT2D eigenvalue weighted by Crippen LogP contribution is -2.43. The number of carbonyl (C=O) groups excluding carboxylic acids is 1. The summed E-state index contributed by atoms with van der Waals surface area (Å²) in [6.07, 6.45) is 0.895. The number of carbonyl (C=O) groups is 1. The molecule has 7 heteroatoms. The number of primary amides is 1. The second-order valence-electron chi connectivity index (χ2n) is 4.93. The van der Waals surface area contributed by atoms with Gasteiger partial charge in [0.1, 0.15) is 11.9 Å². The number of rotatable bonds is 4. The molecule has 1 saturated heterocycles. The van der Waals surface area contributed by atoms with Gasteiger partial charge in [0, 0.05) is 18.7 Å². The third-order valence-electron chi connectivity index (χ3n) is 3.47. The molecule has 0 aromatic heterocycles. The zero-order chi connectivity index (χ0) is 14.7. The molecule has 2 rings (SSSR count). The third-order valence-corrected chi connectivity index (χ3v) is 3.47. The minimum atomic E-state index is -0.736. The van der Waals surface area contributed by atoms with E-state index in [1.807, 2.05) is 0 Å². The normalized spacial score (nSPS) is 22.2. The summed E-state index contributed by atoms with van der Waals surface area (Å²) in [5, 5.41) is 13.9. The zero-order valence-electron chi connectivity index (χ0n) is 11.2. The van der Waals surface area contributed by atoms with Crippen LogP contribution in [0.1, 0.15) is 23.7 Å². The Morgan fingerprint density at radius 3 is 2.90 bits per heavy atom. The highest BCUT2D eigenvalue weighted by molar-refractivity contribution is 5.96. The van der Waals surface area contributed by atoms with E-state index in [-0.39, 0.29) is 17.4 Å². The minimum absolute atomic E-state index is 0.0389. The van der Waals surface area contributed by atoms with Crippen LogP contribution in [0.25, 0.3) is 0 Å². The Labute approximate surface area is 116 Å². The number of hydrogen-bond acceptors (Lipinski definition) is 5. The molecule has 108 valence electrons. The van der Waals surface area contributed by atoms with Crippen LogP contribution in [0.2, 0.25) is 0 Å². The number of amides is 1. The lowest BCUT2D eigenvalue weighted by Gasteiger charge is -2.30. The first-order chi connectivity index (χ1) is 9.49. The summed E-state index contributed by atoms with van der Waals surface area (Å²) in [5.74, 6) is -0.101. The van der Waals surface area contributed by atoms with Gasteiger partial charge < -0.3 is 15.8 Å². The topological polar surface area (TPSA) is 107 Å². The first-order valence-electron chi connectivity index (χ1n) is 6.44. The third kappa shape index (κ3) is 3.05. The van der Waals surface area contributed by atoms with Gasteiger partial charge in [0.15, 0.2) is 0 Å². The molecule has 0 radical (unpaired) electrons. The van der Waals surface area contributed by atoms with Crippen molar-refractivity contribution in [3.63, 3.8) is 0 Å². The first kappa shape index (κ1) is 14.3. The molecular formula is C13H17N3O4. The number of piperidine rings is 1.